The van der Waals surface area contributed by atoms with E-state index >= 15 is 0 Å². The van der Waals surface area contributed by atoms with E-state index in [4.69, 9.17) is 5.73 Å². The van der Waals surface area contributed by atoms with Gasteiger partial charge < -0.3 is 11.1 Å². The van der Waals surface area contributed by atoms with Crippen molar-refractivity contribution in [3.8, 4) is 0 Å². The van der Waals surface area contributed by atoms with Gasteiger partial charge in [-0.2, -0.15) is 0 Å². The number of benzene rings is 1. The average molecular weight is 246 g/mol. The number of hydrogen-bond acceptors (Lipinski definition) is 2. The Morgan fingerprint density at radius 1 is 1.39 bits per heavy atom. The van der Waals surface area contributed by atoms with Gasteiger partial charge in [-0.25, -0.2) is 0 Å². The Bertz CT molecular complexity index is 395. The Kier molecular flexibility index (Phi) is 4.24. The third kappa shape index (κ3) is 3.49. The van der Waals surface area contributed by atoms with Crippen molar-refractivity contribution in [2.24, 2.45) is 5.92 Å². The van der Waals surface area contributed by atoms with E-state index in [0.29, 0.717) is 18.4 Å². The lowest BCUT2D eigenvalue weighted by atomic mass is 9.80. The van der Waals surface area contributed by atoms with E-state index in [0.717, 1.165) is 17.7 Å². The van der Waals surface area contributed by atoms with Crippen LogP contribution in [0.2, 0.25) is 0 Å². The fourth-order valence-corrected chi connectivity index (χ4v) is 2.33. The van der Waals surface area contributed by atoms with Crippen LogP contribution in [-0.2, 0) is 11.2 Å². The Morgan fingerprint density at radius 2 is 2.06 bits per heavy atom. The second-order valence-corrected chi connectivity index (χ2v) is 5.29. The largest absolute Gasteiger partial charge is 0.399 e. The first-order valence-corrected chi connectivity index (χ1v) is 6.79. The SMILES string of the molecule is CC(NC(=O)CCc1ccc(N)cc1)C1CCC1. The summed E-state index contributed by atoms with van der Waals surface area (Å²) in [5.41, 5.74) is 7.55. The van der Waals surface area contributed by atoms with Gasteiger partial charge in [-0.15, -0.1) is 0 Å². The highest BCUT2D eigenvalue weighted by Crippen LogP contribution is 2.29. The summed E-state index contributed by atoms with van der Waals surface area (Å²) in [5.74, 6) is 0.858. The van der Waals surface area contributed by atoms with Crippen LogP contribution < -0.4 is 11.1 Å². The number of nitrogen functional groups attached to an aromatic ring is 1. The van der Waals surface area contributed by atoms with Gasteiger partial charge in [0, 0.05) is 18.2 Å². The van der Waals surface area contributed by atoms with Crippen molar-refractivity contribution in [1.82, 2.24) is 5.32 Å². The first-order chi connectivity index (χ1) is 8.65. The maximum atomic E-state index is 11.8. The molecule has 1 amide bonds. The molecule has 0 radical (unpaired) electrons. The van der Waals surface area contributed by atoms with Crippen LogP contribution in [0.5, 0.6) is 0 Å². The van der Waals surface area contributed by atoms with Crippen molar-refractivity contribution in [3.63, 3.8) is 0 Å². The molecular formula is C15H22N2O. The van der Waals surface area contributed by atoms with Crippen molar-refractivity contribution in [3.05, 3.63) is 29.8 Å². The van der Waals surface area contributed by atoms with E-state index in [1.54, 1.807) is 0 Å². The van der Waals surface area contributed by atoms with Crippen LogP contribution in [0.3, 0.4) is 0 Å². The highest BCUT2D eigenvalue weighted by molar-refractivity contribution is 5.76. The number of carbonyl (C=O) groups is 1. The first-order valence-electron chi connectivity index (χ1n) is 6.79. The highest BCUT2D eigenvalue weighted by Gasteiger charge is 2.24. The molecule has 18 heavy (non-hydrogen) atoms. The van der Waals surface area contributed by atoms with Crippen LogP contribution in [0.4, 0.5) is 5.69 Å². The maximum Gasteiger partial charge on any atom is 0.220 e. The van der Waals surface area contributed by atoms with Crippen LogP contribution >= 0.6 is 0 Å². The zero-order valence-corrected chi connectivity index (χ0v) is 11.0. The van der Waals surface area contributed by atoms with Crippen LogP contribution in [0.25, 0.3) is 0 Å². The van der Waals surface area contributed by atoms with Gasteiger partial charge in [-0.3, -0.25) is 4.79 Å². The Balaban J connectivity index is 1.72. The van der Waals surface area contributed by atoms with Crippen molar-refractivity contribution < 1.29 is 4.79 Å². The molecule has 1 aromatic rings. The normalized spacial score (nSPS) is 16.9. The van der Waals surface area contributed by atoms with Crippen LogP contribution in [0, 0.1) is 5.92 Å². The van der Waals surface area contributed by atoms with Crippen molar-refractivity contribution in [2.75, 3.05) is 5.73 Å². The molecule has 1 saturated carbocycles. The third-order valence-electron chi connectivity index (χ3n) is 3.87. The average Bonchev–Trinajstić information content (AvgIpc) is 2.25. The maximum absolute atomic E-state index is 11.8. The minimum absolute atomic E-state index is 0.159. The smallest absolute Gasteiger partial charge is 0.220 e. The number of amides is 1. The van der Waals surface area contributed by atoms with E-state index in [1.807, 2.05) is 24.3 Å². The molecule has 3 nitrogen and oxygen atoms in total. The standard InChI is InChI=1S/C15H22N2O/c1-11(13-3-2-4-13)17-15(18)10-7-12-5-8-14(16)9-6-12/h5-6,8-9,11,13H,2-4,7,10,16H2,1H3,(H,17,18). The predicted molar refractivity (Wildman–Crippen MR) is 74.1 cm³/mol. The molecule has 1 aliphatic rings. The summed E-state index contributed by atoms with van der Waals surface area (Å²) in [4.78, 5) is 11.8. The molecule has 1 atom stereocenters. The number of anilines is 1. The van der Waals surface area contributed by atoms with Gasteiger partial charge >= 0.3 is 0 Å². The summed E-state index contributed by atoms with van der Waals surface area (Å²) in [5, 5.41) is 3.10. The van der Waals surface area contributed by atoms with Gasteiger partial charge in [0.15, 0.2) is 0 Å². The Labute approximate surface area is 109 Å². The lowest BCUT2D eigenvalue weighted by Crippen LogP contribution is -2.40. The highest BCUT2D eigenvalue weighted by atomic mass is 16.1. The van der Waals surface area contributed by atoms with Gasteiger partial charge in [0.2, 0.25) is 5.91 Å². The molecule has 0 bridgehead atoms. The molecule has 3 N–H and O–H groups in total. The first kappa shape index (κ1) is 12.9. The fraction of sp³-hybridized carbons (Fsp3) is 0.533. The lowest BCUT2D eigenvalue weighted by Gasteiger charge is -2.31. The van der Waals surface area contributed by atoms with E-state index in [-0.39, 0.29) is 5.91 Å². The predicted octanol–water partition coefficient (Wildman–Crippen LogP) is 2.51. The molecule has 1 aromatic carbocycles. The van der Waals surface area contributed by atoms with E-state index < -0.39 is 0 Å². The van der Waals surface area contributed by atoms with Gasteiger partial charge in [0.05, 0.1) is 0 Å². The number of rotatable bonds is 5. The molecule has 1 unspecified atom stereocenters. The van der Waals surface area contributed by atoms with Gasteiger partial charge in [-0.1, -0.05) is 18.6 Å². The fourth-order valence-electron chi connectivity index (χ4n) is 2.33. The van der Waals surface area contributed by atoms with E-state index in [1.165, 1.54) is 19.3 Å². The minimum Gasteiger partial charge on any atom is -0.399 e. The Morgan fingerprint density at radius 3 is 2.61 bits per heavy atom. The summed E-state index contributed by atoms with van der Waals surface area (Å²) in [6, 6.07) is 8.06. The second-order valence-electron chi connectivity index (χ2n) is 5.29. The molecule has 0 aliphatic heterocycles. The number of carbonyl (C=O) groups excluding carboxylic acids is 1. The van der Waals surface area contributed by atoms with Crippen molar-refractivity contribution >= 4 is 11.6 Å². The van der Waals surface area contributed by atoms with Crippen LogP contribution in [0.1, 0.15) is 38.2 Å². The lowest BCUT2D eigenvalue weighted by molar-refractivity contribution is -0.122. The van der Waals surface area contributed by atoms with Crippen molar-refractivity contribution in [1.29, 1.82) is 0 Å². The molecule has 0 heterocycles. The van der Waals surface area contributed by atoms with Gasteiger partial charge in [-0.05, 0) is 49.8 Å². The summed E-state index contributed by atoms with van der Waals surface area (Å²) in [7, 11) is 0. The van der Waals surface area contributed by atoms with Crippen molar-refractivity contribution in [2.45, 2.75) is 45.1 Å². The Hall–Kier alpha value is -1.51. The summed E-state index contributed by atoms with van der Waals surface area (Å²) in [6.07, 6.45) is 5.18. The van der Waals surface area contributed by atoms with E-state index in [2.05, 4.69) is 12.2 Å². The zero-order valence-electron chi connectivity index (χ0n) is 11.0. The minimum atomic E-state index is 0.159. The molecule has 0 saturated heterocycles. The summed E-state index contributed by atoms with van der Waals surface area (Å²) >= 11 is 0. The molecular weight excluding hydrogens is 224 g/mol. The molecule has 3 heteroatoms. The second kappa shape index (κ2) is 5.89. The topological polar surface area (TPSA) is 55.1 Å². The van der Waals surface area contributed by atoms with Crippen LogP contribution in [-0.4, -0.2) is 11.9 Å². The van der Waals surface area contributed by atoms with E-state index in [9.17, 15) is 4.79 Å². The molecule has 0 spiro atoms. The zero-order chi connectivity index (χ0) is 13.0. The number of nitrogens with two attached hydrogens (primary N) is 1. The molecule has 1 aliphatic carbocycles. The monoisotopic (exact) mass is 246 g/mol. The summed E-state index contributed by atoms with van der Waals surface area (Å²) in [6.45, 7) is 2.12. The third-order valence-corrected chi connectivity index (χ3v) is 3.87. The quantitative estimate of drug-likeness (QED) is 0.784. The molecule has 1 fully saturated rings. The number of hydrogen-bond donors (Lipinski definition) is 2. The van der Waals surface area contributed by atoms with Crippen LogP contribution in [0.15, 0.2) is 24.3 Å². The molecule has 98 valence electrons. The number of nitrogens with one attached hydrogen (secondary N) is 1. The number of aryl methyl sites for hydroxylation is 1. The van der Waals surface area contributed by atoms with Gasteiger partial charge in [0.25, 0.3) is 0 Å². The molecule has 0 aromatic heterocycles. The summed E-state index contributed by atoms with van der Waals surface area (Å²) < 4.78 is 0. The van der Waals surface area contributed by atoms with Gasteiger partial charge in [0.1, 0.15) is 0 Å². The molecule has 2 rings (SSSR count).